The van der Waals surface area contributed by atoms with Crippen molar-refractivity contribution in [3.8, 4) is 0 Å². The van der Waals surface area contributed by atoms with E-state index in [1.807, 2.05) is 36.4 Å². The zero-order valence-electron chi connectivity index (χ0n) is 13.5. The number of rotatable bonds is 5. The predicted molar refractivity (Wildman–Crippen MR) is 105 cm³/mol. The van der Waals surface area contributed by atoms with Crippen LogP contribution >= 0.6 is 22.6 Å². The predicted octanol–water partition coefficient (Wildman–Crippen LogP) is 3.42. The van der Waals surface area contributed by atoms with E-state index in [2.05, 4.69) is 44.9 Å². The molecule has 1 fully saturated rings. The molecule has 126 valence electrons. The van der Waals surface area contributed by atoms with Gasteiger partial charge in [0, 0.05) is 34.5 Å². The molecule has 0 atom stereocenters. The lowest BCUT2D eigenvalue weighted by Crippen LogP contribution is -2.37. The van der Waals surface area contributed by atoms with Gasteiger partial charge in [-0.3, -0.25) is 9.69 Å². The molecule has 1 saturated heterocycles. The minimum Gasteiger partial charge on any atom is -0.379 e. The number of halogens is 1. The highest BCUT2D eigenvalue weighted by Crippen LogP contribution is 2.13. The van der Waals surface area contributed by atoms with E-state index < -0.39 is 0 Å². The van der Waals surface area contributed by atoms with Crippen LogP contribution in [0.5, 0.6) is 0 Å². The summed E-state index contributed by atoms with van der Waals surface area (Å²) in [7, 11) is 0. The first kappa shape index (κ1) is 17.4. The molecule has 3 rings (SSSR count). The van der Waals surface area contributed by atoms with Crippen molar-refractivity contribution in [3.05, 3.63) is 63.2 Å². The van der Waals surface area contributed by atoms with Crippen LogP contribution in [-0.4, -0.2) is 43.7 Å². The summed E-state index contributed by atoms with van der Waals surface area (Å²) in [6.07, 6.45) is 1.02. The second-order valence-corrected chi connectivity index (χ2v) is 7.11. The maximum Gasteiger partial charge on any atom is 0.255 e. The summed E-state index contributed by atoms with van der Waals surface area (Å²) in [5.74, 6) is -0.0764. The van der Waals surface area contributed by atoms with Crippen LogP contribution < -0.4 is 5.32 Å². The van der Waals surface area contributed by atoms with Crippen molar-refractivity contribution >= 4 is 34.2 Å². The molecule has 5 heteroatoms. The average Bonchev–Trinajstić information content (AvgIpc) is 2.62. The molecule has 1 heterocycles. The largest absolute Gasteiger partial charge is 0.379 e. The van der Waals surface area contributed by atoms with E-state index >= 15 is 0 Å². The number of ether oxygens (including phenoxy) is 1. The molecule has 1 amide bonds. The normalized spacial score (nSPS) is 15.2. The van der Waals surface area contributed by atoms with Crippen LogP contribution in [0.25, 0.3) is 0 Å². The molecule has 0 unspecified atom stereocenters. The summed E-state index contributed by atoms with van der Waals surface area (Å²) in [6, 6.07) is 15.7. The highest BCUT2D eigenvalue weighted by Gasteiger charge is 2.10. The van der Waals surface area contributed by atoms with Gasteiger partial charge in [-0.1, -0.05) is 12.1 Å². The highest BCUT2D eigenvalue weighted by molar-refractivity contribution is 14.1. The first-order valence-corrected chi connectivity index (χ1v) is 9.24. The first-order chi connectivity index (χ1) is 11.7. The molecule has 4 nitrogen and oxygen atoms in total. The van der Waals surface area contributed by atoms with Crippen LogP contribution in [0, 0.1) is 3.57 Å². The van der Waals surface area contributed by atoms with Crippen LogP contribution in [0.1, 0.15) is 15.9 Å². The Morgan fingerprint density at radius 3 is 2.38 bits per heavy atom. The summed E-state index contributed by atoms with van der Waals surface area (Å²) in [4.78, 5) is 14.6. The zero-order chi connectivity index (χ0) is 16.8. The molecule has 0 aliphatic carbocycles. The molecule has 0 bridgehead atoms. The third-order valence-electron chi connectivity index (χ3n) is 4.14. The molecule has 1 N–H and O–H groups in total. The molecular formula is C19H21IN2O2. The fraction of sp³-hybridized carbons (Fsp3) is 0.316. The van der Waals surface area contributed by atoms with E-state index in [-0.39, 0.29) is 5.91 Å². The Balaban J connectivity index is 1.52. The van der Waals surface area contributed by atoms with Gasteiger partial charge in [-0.05, 0) is 71.0 Å². The number of hydrogen-bond acceptors (Lipinski definition) is 3. The van der Waals surface area contributed by atoms with E-state index in [0.29, 0.717) is 5.56 Å². The first-order valence-electron chi connectivity index (χ1n) is 8.17. The van der Waals surface area contributed by atoms with Crippen molar-refractivity contribution in [2.75, 3.05) is 38.2 Å². The minimum absolute atomic E-state index is 0.0764. The fourth-order valence-corrected chi connectivity index (χ4v) is 3.03. The van der Waals surface area contributed by atoms with E-state index in [1.54, 1.807) is 0 Å². The minimum atomic E-state index is -0.0764. The number of nitrogens with zero attached hydrogens (tertiary/aromatic N) is 1. The van der Waals surface area contributed by atoms with Gasteiger partial charge in [0.05, 0.1) is 13.2 Å². The van der Waals surface area contributed by atoms with E-state index in [0.717, 1.165) is 48.5 Å². The summed E-state index contributed by atoms with van der Waals surface area (Å²) >= 11 is 2.23. The maximum absolute atomic E-state index is 12.2. The Labute approximate surface area is 156 Å². The number of amides is 1. The van der Waals surface area contributed by atoms with Crippen molar-refractivity contribution in [2.24, 2.45) is 0 Å². The SMILES string of the molecule is O=C(Nc1ccc(CCN2CCOCC2)cc1)c1ccc(I)cc1. The molecule has 2 aromatic rings. The average molecular weight is 436 g/mol. The molecule has 24 heavy (non-hydrogen) atoms. The van der Waals surface area contributed by atoms with Crippen LogP contribution in [-0.2, 0) is 11.2 Å². The number of morpholine rings is 1. The fourth-order valence-electron chi connectivity index (χ4n) is 2.67. The summed E-state index contributed by atoms with van der Waals surface area (Å²) in [6.45, 7) is 4.76. The summed E-state index contributed by atoms with van der Waals surface area (Å²) in [5.41, 5.74) is 2.79. The van der Waals surface area contributed by atoms with Crippen LogP contribution in [0.15, 0.2) is 48.5 Å². The number of carbonyl (C=O) groups excluding carboxylic acids is 1. The van der Waals surface area contributed by atoms with Crippen molar-refractivity contribution in [1.82, 2.24) is 4.90 Å². The lowest BCUT2D eigenvalue weighted by molar-refractivity contribution is 0.0384. The van der Waals surface area contributed by atoms with Gasteiger partial charge in [-0.2, -0.15) is 0 Å². The maximum atomic E-state index is 12.2. The van der Waals surface area contributed by atoms with E-state index in [9.17, 15) is 4.79 Å². The number of carbonyl (C=O) groups is 1. The van der Waals surface area contributed by atoms with Crippen LogP contribution in [0.2, 0.25) is 0 Å². The highest BCUT2D eigenvalue weighted by atomic mass is 127. The van der Waals surface area contributed by atoms with Crippen molar-refractivity contribution < 1.29 is 9.53 Å². The Hall–Kier alpha value is -1.44. The molecule has 0 spiro atoms. The van der Waals surface area contributed by atoms with Gasteiger partial charge in [0.1, 0.15) is 0 Å². The Morgan fingerprint density at radius 1 is 1.04 bits per heavy atom. The summed E-state index contributed by atoms with van der Waals surface area (Å²) in [5, 5.41) is 2.94. The zero-order valence-corrected chi connectivity index (χ0v) is 15.7. The second kappa shape index (κ2) is 8.60. The quantitative estimate of drug-likeness (QED) is 0.731. The van der Waals surface area contributed by atoms with Gasteiger partial charge in [0.2, 0.25) is 0 Å². The molecule has 0 aromatic heterocycles. The van der Waals surface area contributed by atoms with Gasteiger partial charge >= 0.3 is 0 Å². The number of benzene rings is 2. The lowest BCUT2D eigenvalue weighted by atomic mass is 10.1. The Morgan fingerprint density at radius 2 is 1.71 bits per heavy atom. The van der Waals surface area contributed by atoms with Gasteiger partial charge in [0.25, 0.3) is 5.91 Å². The number of hydrogen-bond donors (Lipinski definition) is 1. The van der Waals surface area contributed by atoms with Crippen molar-refractivity contribution in [2.45, 2.75) is 6.42 Å². The van der Waals surface area contributed by atoms with Gasteiger partial charge in [0.15, 0.2) is 0 Å². The Bertz CT molecular complexity index is 665. The van der Waals surface area contributed by atoms with Gasteiger partial charge in [-0.25, -0.2) is 0 Å². The van der Waals surface area contributed by atoms with E-state index in [1.165, 1.54) is 5.56 Å². The molecule has 2 aromatic carbocycles. The standard InChI is InChI=1S/C19H21IN2O2/c20-17-5-3-16(4-6-17)19(23)21-18-7-1-15(2-8-18)9-10-22-11-13-24-14-12-22/h1-8H,9-14H2,(H,21,23). The third-order valence-corrected chi connectivity index (χ3v) is 4.86. The van der Waals surface area contributed by atoms with Crippen molar-refractivity contribution in [1.29, 1.82) is 0 Å². The molecule has 1 aliphatic heterocycles. The smallest absolute Gasteiger partial charge is 0.255 e. The lowest BCUT2D eigenvalue weighted by Gasteiger charge is -2.26. The number of anilines is 1. The topological polar surface area (TPSA) is 41.6 Å². The van der Waals surface area contributed by atoms with Crippen molar-refractivity contribution in [3.63, 3.8) is 0 Å². The van der Waals surface area contributed by atoms with Crippen LogP contribution in [0.3, 0.4) is 0 Å². The van der Waals surface area contributed by atoms with Crippen LogP contribution in [0.4, 0.5) is 5.69 Å². The monoisotopic (exact) mass is 436 g/mol. The second-order valence-electron chi connectivity index (χ2n) is 5.86. The molecule has 0 radical (unpaired) electrons. The molecule has 1 aliphatic rings. The van der Waals surface area contributed by atoms with Gasteiger partial charge in [-0.15, -0.1) is 0 Å². The van der Waals surface area contributed by atoms with Gasteiger partial charge < -0.3 is 10.1 Å². The summed E-state index contributed by atoms with van der Waals surface area (Å²) < 4.78 is 6.48. The number of nitrogens with one attached hydrogen (secondary N) is 1. The molecule has 0 saturated carbocycles. The molecular weight excluding hydrogens is 415 g/mol. The van der Waals surface area contributed by atoms with E-state index in [4.69, 9.17) is 4.74 Å². The third kappa shape index (κ3) is 5.03. The Kier molecular flexibility index (Phi) is 6.23.